The van der Waals surface area contributed by atoms with Crippen LogP contribution in [-0.4, -0.2) is 54.6 Å². The zero-order valence-electron chi connectivity index (χ0n) is 17.7. The second-order valence-electron chi connectivity index (χ2n) is 8.02. The Bertz CT molecular complexity index is 607. The molecule has 0 bridgehead atoms. The Morgan fingerprint density at radius 2 is 1.64 bits per heavy atom. The maximum Gasteiger partial charge on any atom is 0.471 e. The van der Waals surface area contributed by atoms with Crippen LogP contribution in [0.4, 0.5) is 13.2 Å². The quantitative estimate of drug-likeness (QED) is 0.519. The average molecular weight is 408 g/mol. The summed E-state index contributed by atoms with van der Waals surface area (Å²) in [7, 11) is 1.43. The van der Waals surface area contributed by atoms with Crippen molar-refractivity contribution in [2.45, 2.75) is 66.7 Å². The van der Waals surface area contributed by atoms with Gasteiger partial charge in [0.2, 0.25) is 5.91 Å². The normalized spacial score (nSPS) is 15.1. The second-order valence-corrected chi connectivity index (χ2v) is 8.02. The number of hydrogen-bond acceptors (Lipinski definition) is 4. The van der Waals surface area contributed by atoms with E-state index in [2.05, 4.69) is 0 Å². The molecule has 6 nitrogen and oxygen atoms in total. The van der Waals surface area contributed by atoms with Crippen molar-refractivity contribution in [3.63, 3.8) is 0 Å². The molecule has 0 saturated heterocycles. The van der Waals surface area contributed by atoms with Crippen LogP contribution in [-0.2, 0) is 19.1 Å². The van der Waals surface area contributed by atoms with Crippen LogP contribution in [0.1, 0.15) is 48.5 Å². The molecule has 0 unspecified atom stereocenters. The summed E-state index contributed by atoms with van der Waals surface area (Å²) in [6, 6.07) is -1.98. The first kappa shape index (κ1) is 25.9. The molecular weight excluding hydrogens is 377 g/mol. The Kier molecular flexibility index (Phi) is 9.20. The lowest BCUT2D eigenvalue weighted by Crippen LogP contribution is -2.58. The van der Waals surface area contributed by atoms with E-state index in [-0.39, 0.29) is 18.1 Å². The topological polar surface area (TPSA) is 75.7 Å². The minimum atomic E-state index is -5.10. The van der Waals surface area contributed by atoms with Gasteiger partial charge in [0.25, 0.3) is 0 Å². The SMILES string of the molecule is CCOC(=O)/C(C)=C/[C@H](C(C)C)N(C)C(=O)[C@@H](NC(=O)C(F)(F)F)C(C)(C)C. The number of ether oxygens (including phenoxy) is 1. The number of amides is 2. The lowest BCUT2D eigenvalue weighted by Gasteiger charge is -2.37. The summed E-state index contributed by atoms with van der Waals surface area (Å²) in [5.41, 5.74) is -0.680. The fourth-order valence-corrected chi connectivity index (χ4v) is 2.53. The summed E-state index contributed by atoms with van der Waals surface area (Å²) < 4.78 is 43.0. The molecule has 0 aromatic rings. The van der Waals surface area contributed by atoms with Gasteiger partial charge in [0.05, 0.1) is 12.6 Å². The van der Waals surface area contributed by atoms with Gasteiger partial charge in [-0.25, -0.2) is 4.79 Å². The van der Waals surface area contributed by atoms with E-state index in [0.717, 1.165) is 0 Å². The molecule has 0 heterocycles. The highest BCUT2D eigenvalue weighted by molar-refractivity contribution is 5.91. The number of nitrogens with one attached hydrogen (secondary N) is 1. The lowest BCUT2D eigenvalue weighted by atomic mass is 9.85. The molecular formula is C19H31F3N2O4. The minimum absolute atomic E-state index is 0.141. The van der Waals surface area contributed by atoms with Gasteiger partial charge in [-0.15, -0.1) is 0 Å². The van der Waals surface area contributed by atoms with Crippen LogP contribution in [0.25, 0.3) is 0 Å². The third kappa shape index (κ3) is 7.52. The molecule has 1 N–H and O–H groups in total. The maximum absolute atomic E-state index is 13.0. The Morgan fingerprint density at radius 3 is 2.00 bits per heavy atom. The molecule has 28 heavy (non-hydrogen) atoms. The van der Waals surface area contributed by atoms with Gasteiger partial charge >= 0.3 is 18.1 Å². The van der Waals surface area contributed by atoms with Gasteiger partial charge < -0.3 is 15.0 Å². The van der Waals surface area contributed by atoms with Crippen LogP contribution in [0.15, 0.2) is 11.6 Å². The molecule has 9 heteroatoms. The number of halogens is 3. The number of nitrogens with zero attached hydrogens (tertiary/aromatic N) is 1. The van der Waals surface area contributed by atoms with Crippen LogP contribution in [0.5, 0.6) is 0 Å². The van der Waals surface area contributed by atoms with Crippen LogP contribution < -0.4 is 5.32 Å². The van der Waals surface area contributed by atoms with E-state index in [4.69, 9.17) is 4.74 Å². The molecule has 0 aliphatic rings. The highest BCUT2D eigenvalue weighted by Crippen LogP contribution is 2.25. The molecule has 0 aliphatic carbocycles. The molecule has 0 spiro atoms. The highest BCUT2D eigenvalue weighted by Gasteiger charge is 2.44. The van der Waals surface area contributed by atoms with E-state index in [1.165, 1.54) is 11.9 Å². The fourth-order valence-electron chi connectivity index (χ4n) is 2.53. The number of esters is 1. The number of carbonyl (C=O) groups excluding carboxylic acids is 3. The highest BCUT2D eigenvalue weighted by atomic mass is 19.4. The minimum Gasteiger partial charge on any atom is -0.463 e. The van der Waals surface area contributed by atoms with Gasteiger partial charge in [0.15, 0.2) is 0 Å². The summed E-state index contributed by atoms with van der Waals surface area (Å²) >= 11 is 0. The largest absolute Gasteiger partial charge is 0.471 e. The molecule has 0 aromatic carbocycles. The molecule has 0 fully saturated rings. The summed E-state index contributed by atoms with van der Waals surface area (Å²) in [4.78, 5) is 37.5. The van der Waals surface area contributed by atoms with Crippen molar-refractivity contribution in [1.29, 1.82) is 0 Å². The average Bonchev–Trinajstić information content (AvgIpc) is 2.53. The first-order valence-electron chi connectivity index (χ1n) is 9.03. The van der Waals surface area contributed by atoms with Gasteiger partial charge in [-0.1, -0.05) is 40.7 Å². The van der Waals surface area contributed by atoms with Crippen molar-refractivity contribution in [1.82, 2.24) is 10.2 Å². The van der Waals surface area contributed by atoms with E-state index in [1.807, 2.05) is 13.8 Å². The zero-order chi connectivity index (χ0) is 22.4. The van der Waals surface area contributed by atoms with Gasteiger partial charge in [-0.05, 0) is 25.2 Å². The molecule has 0 saturated carbocycles. The van der Waals surface area contributed by atoms with E-state index in [9.17, 15) is 27.6 Å². The molecule has 2 atom stereocenters. The zero-order valence-corrected chi connectivity index (χ0v) is 17.7. The van der Waals surface area contributed by atoms with Gasteiger partial charge in [0.1, 0.15) is 6.04 Å². The molecule has 162 valence electrons. The number of alkyl halides is 3. The lowest BCUT2D eigenvalue weighted by molar-refractivity contribution is -0.176. The Labute approximate surface area is 164 Å². The van der Waals surface area contributed by atoms with E-state index in [1.54, 1.807) is 46.0 Å². The van der Waals surface area contributed by atoms with Crippen molar-refractivity contribution in [2.75, 3.05) is 13.7 Å². The van der Waals surface area contributed by atoms with Crippen LogP contribution in [0.2, 0.25) is 0 Å². The Hall–Kier alpha value is -2.06. The number of likely N-dealkylation sites (N-methyl/N-ethyl adjacent to an activating group) is 1. The van der Waals surface area contributed by atoms with Crippen molar-refractivity contribution in [3.8, 4) is 0 Å². The predicted octanol–water partition coefficient (Wildman–Crippen LogP) is 3.07. The summed E-state index contributed by atoms with van der Waals surface area (Å²) in [5.74, 6) is -3.53. The fraction of sp³-hybridized carbons (Fsp3) is 0.737. The Morgan fingerprint density at radius 1 is 1.14 bits per heavy atom. The predicted molar refractivity (Wildman–Crippen MR) is 99.2 cm³/mol. The van der Waals surface area contributed by atoms with Crippen molar-refractivity contribution >= 4 is 17.8 Å². The standard InChI is InChI=1S/C19H31F3N2O4/c1-9-28-16(26)12(4)10-13(11(2)3)24(8)15(25)14(18(5,6)7)23-17(27)19(20,21)22/h10-11,13-14H,9H2,1-8H3,(H,23,27)/b12-10+/t13-,14-/m1/s1. The summed E-state index contributed by atoms with van der Waals surface area (Å²) in [6.07, 6.45) is -3.55. The third-order valence-corrected chi connectivity index (χ3v) is 4.14. The van der Waals surface area contributed by atoms with Crippen molar-refractivity contribution < 1.29 is 32.3 Å². The number of rotatable bonds is 7. The van der Waals surface area contributed by atoms with E-state index >= 15 is 0 Å². The number of carbonyl (C=O) groups is 3. The summed E-state index contributed by atoms with van der Waals surface area (Å²) in [5, 5.41) is 1.80. The summed E-state index contributed by atoms with van der Waals surface area (Å²) in [6.45, 7) is 11.7. The van der Waals surface area contributed by atoms with Gasteiger partial charge in [-0.3, -0.25) is 9.59 Å². The van der Waals surface area contributed by atoms with Crippen LogP contribution >= 0.6 is 0 Å². The van der Waals surface area contributed by atoms with Crippen molar-refractivity contribution in [3.05, 3.63) is 11.6 Å². The maximum atomic E-state index is 13.0. The first-order chi connectivity index (χ1) is 12.5. The molecule has 0 aromatic heterocycles. The first-order valence-corrected chi connectivity index (χ1v) is 9.03. The number of hydrogen-bond donors (Lipinski definition) is 1. The van der Waals surface area contributed by atoms with Gasteiger partial charge in [-0.2, -0.15) is 13.2 Å². The Balaban J connectivity index is 5.79. The van der Waals surface area contributed by atoms with Crippen LogP contribution in [0.3, 0.4) is 0 Å². The third-order valence-electron chi connectivity index (χ3n) is 4.14. The van der Waals surface area contributed by atoms with E-state index < -0.39 is 41.5 Å². The van der Waals surface area contributed by atoms with Crippen molar-refractivity contribution in [2.24, 2.45) is 11.3 Å². The van der Waals surface area contributed by atoms with Gasteiger partial charge in [0, 0.05) is 12.6 Å². The van der Waals surface area contributed by atoms with Crippen LogP contribution in [0, 0.1) is 11.3 Å². The molecule has 0 aliphatic heterocycles. The molecule has 2 amide bonds. The monoisotopic (exact) mass is 408 g/mol. The molecule has 0 rings (SSSR count). The smallest absolute Gasteiger partial charge is 0.463 e. The van der Waals surface area contributed by atoms with E-state index in [0.29, 0.717) is 0 Å². The molecule has 0 radical (unpaired) electrons. The second kappa shape index (κ2) is 9.93.